The van der Waals surface area contributed by atoms with Gasteiger partial charge in [0.05, 0.1) is 11.4 Å². The molecule has 138 valence electrons. The largest absolute Gasteiger partial charge is 0.347 e. The summed E-state index contributed by atoms with van der Waals surface area (Å²) >= 11 is 0. The van der Waals surface area contributed by atoms with E-state index in [1.165, 1.54) is 4.40 Å². The molecule has 9 heteroatoms. The molecule has 0 radical (unpaired) electrons. The average molecular weight is 373 g/mol. The number of hydrogen-bond donors (Lipinski definition) is 1. The number of nitrogens with zero attached hydrogens (tertiary/aromatic N) is 6. The van der Waals surface area contributed by atoms with Crippen LogP contribution in [0.5, 0.6) is 0 Å². The summed E-state index contributed by atoms with van der Waals surface area (Å²) in [6.07, 6.45) is 1.63. The Labute approximate surface area is 158 Å². The number of H-pyrrole nitrogens is 1. The average Bonchev–Trinajstić information content (AvgIpc) is 3.41. The fraction of sp³-hybridized carbons (Fsp3) is 0.105. The lowest BCUT2D eigenvalue weighted by atomic mass is 10.2. The number of hydrogen-bond acceptors (Lipinski definition) is 6. The summed E-state index contributed by atoms with van der Waals surface area (Å²) in [5.74, 6) is 0.794. The standard InChI is InChI=1S/C19H15N7O2/c1-11-9-12(2)26(23-11)15-6-3-13(4-7-15)18-20-17(24-28-18)14-5-8-16-21-22-19(27)25(16)10-14/h3-10H,1-2H3,(H,22,27). The van der Waals surface area contributed by atoms with Crippen LogP contribution in [0.3, 0.4) is 0 Å². The second-order valence-electron chi connectivity index (χ2n) is 6.48. The molecule has 0 fully saturated rings. The van der Waals surface area contributed by atoms with Gasteiger partial charge >= 0.3 is 5.69 Å². The van der Waals surface area contributed by atoms with Crippen LogP contribution in [0.25, 0.3) is 34.2 Å². The zero-order valence-electron chi connectivity index (χ0n) is 15.1. The molecule has 0 saturated heterocycles. The van der Waals surface area contributed by atoms with Crippen LogP contribution in [0.2, 0.25) is 0 Å². The van der Waals surface area contributed by atoms with E-state index in [9.17, 15) is 4.79 Å². The predicted molar refractivity (Wildman–Crippen MR) is 101 cm³/mol. The topological polar surface area (TPSA) is 107 Å². The van der Waals surface area contributed by atoms with Crippen LogP contribution in [0.4, 0.5) is 0 Å². The van der Waals surface area contributed by atoms with Crippen LogP contribution >= 0.6 is 0 Å². The molecule has 0 atom stereocenters. The molecule has 0 aliphatic heterocycles. The van der Waals surface area contributed by atoms with Crippen LogP contribution in [-0.2, 0) is 0 Å². The Morgan fingerprint density at radius 2 is 1.82 bits per heavy atom. The minimum Gasteiger partial charge on any atom is -0.334 e. The highest BCUT2D eigenvalue weighted by molar-refractivity contribution is 5.61. The summed E-state index contributed by atoms with van der Waals surface area (Å²) < 4.78 is 8.69. The molecular weight excluding hydrogens is 358 g/mol. The molecule has 0 aliphatic rings. The number of rotatable bonds is 3. The van der Waals surface area contributed by atoms with Gasteiger partial charge in [0.15, 0.2) is 5.65 Å². The van der Waals surface area contributed by atoms with Crippen LogP contribution in [0, 0.1) is 13.8 Å². The van der Waals surface area contributed by atoms with E-state index in [2.05, 4.69) is 25.4 Å². The van der Waals surface area contributed by atoms with Gasteiger partial charge in [-0.15, -0.1) is 0 Å². The van der Waals surface area contributed by atoms with Crippen molar-refractivity contribution in [2.45, 2.75) is 13.8 Å². The lowest BCUT2D eigenvalue weighted by molar-refractivity contribution is 0.432. The summed E-state index contributed by atoms with van der Waals surface area (Å²) in [6.45, 7) is 3.98. The van der Waals surface area contributed by atoms with Gasteiger partial charge in [0.2, 0.25) is 5.82 Å². The lowest BCUT2D eigenvalue weighted by Crippen LogP contribution is -2.08. The highest BCUT2D eigenvalue weighted by Crippen LogP contribution is 2.23. The molecule has 0 spiro atoms. The maximum Gasteiger partial charge on any atom is 0.347 e. The quantitative estimate of drug-likeness (QED) is 0.521. The third-order valence-electron chi connectivity index (χ3n) is 4.46. The molecule has 0 bridgehead atoms. The molecule has 0 amide bonds. The third kappa shape index (κ3) is 2.60. The van der Waals surface area contributed by atoms with Gasteiger partial charge in [0, 0.05) is 23.0 Å². The monoisotopic (exact) mass is 373 g/mol. The van der Waals surface area contributed by atoms with Gasteiger partial charge in [-0.25, -0.2) is 19.0 Å². The first-order chi connectivity index (χ1) is 13.6. The van der Waals surface area contributed by atoms with Gasteiger partial charge in [-0.3, -0.25) is 0 Å². The number of aromatic nitrogens is 7. The van der Waals surface area contributed by atoms with Crippen molar-refractivity contribution in [1.82, 2.24) is 34.5 Å². The first kappa shape index (κ1) is 16.2. The van der Waals surface area contributed by atoms with Crippen molar-refractivity contribution in [2.24, 2.45) is 0 Å². The van der Waals surface area contributed by atoms with Crippen LogP contribution < -0.4 is 5.69 Å². The second-order valence-corrected chi connectivity index (χ2v) is 6.48. The number of pyridine rings is 1. The van der Waals surface area contributed by atoms with Crippen molar-refractivity contribution in [3.63, 3.8) is 0 Å². The number of aromatic amines is 1. The van der Waals surface area contributed by atoms with Crippen molar-refractivity contribution < 1.29 is 4.52 Å². The van der Waals surface area contributed by atoms with E-state index in [1.54, 1.807) is 18.3 Å². The molecule has 0 unspecified atom stereocenters. The Morgan fingerprint density at radius 1 is 1.04 bits per heavy atom. The Kier molecular flexibility index (Phi) is 3.48. The molecule has 0 aliphatic carbocycles. The van der Waals surface area contributed by atoms with Gasteiger partial charge in [-0.2, -0.15) is 15.2 Å². The Morgan fingerprint density at radius 3 is 2.57 bits per heavy atom. The molecule has 5 aromatic rings. The van der Waals surface area contributed by atoms with Gasteiger partial charge in [-0.1, -0.05) is 5.16 Å². The van der Waals surface area contributed by atoms with E-state index in [1.807, 2.05) is 48.9 Å². The summed E-state index contributed by atoms with van der Waals surface area (Å²) in [5, 5.41) is 14.8. The summed E-state index contributed by atoms with van der Waals surface area (Å²) in [6, 6.07) is 13.3. The zero-order valence-corrected chi connectivity index (χ0v) is 15.1. The predicted octanol–water partition coefficient (Wildman–Crippen LogP) is 2.54. The van der Waals surface area contributed by atoms with E-state index >= 15 is 0 Å². The molecular formula is C19H15N7O2. The van der Waals surface area contributed by atoms with Gasteiger partial charge in [-0.05, 0) is 56.3 Å². The van der Waals surface area contributed by atoms with Crippen LogP contribution in [-0.4, -0.2) is 34.5 Å². The Bertz CT molecular complexity index is 1360. The third-order valence-corrected chi connectivity index (χ3v) is 4.46. The van der Waals surface area contributed by atoms with Gasteiger partial charge < -0.3 is 4.52 Å². The summed E-state index contributed by atoms with van der Waals surface area (Å²) in [7, 11) is 0. The Balaban J connectivity index is 1.47. The SMILES string of the molecule is Cc1cc(C)n(-c2ccc(-c3nc(-c4ccc5n[nH]c(=O)n5c4)no3)cc2)n1. The van der Waals surface area contributed by atoms with E-state index in [-0.39, 0.29) is 5.69 Å². The molecule has 1 aromatic carbocycles. The number of aryl methyl sites for hydroxylation is 2. The summed E-state index contributed by atoms with van der Waals surface area (Å²) in [4.78, 5) is 16.2. The highest BCUT2D eigenvalue weighted by Gasteiger charge is 2.13. The number of nitrogens with one attached hydrogen (secondary N) is 1. The molecule has 9 nitrogen and oxygen atoms in total. The van der Waals surface area contributed by atoms with Crippen molar-refractivity contribution in [3.05, 3.63) is 70.5 Å². The van der Waals surface area contributed by atoms with Gasteiger partial charge in [0.25, 0.3) is 5.89 Å². The normalized spacial score (nSPS) is 11.4. The van der Waals surface area contributed by atoms with Crippen molar-refractivity contribution in [3.8, 4) is 28.5 Å². The lowest BCUT2D eigenvalue weighted by Gasteiger charge is -2.04. The zero-order chi connectivity index (χ0) is 19.3. The van der Waals surface area contributed by atoms with Crippen LogP contribution in [0.15, 0.2) is 58.0 Å². The second kappa shape index (κ2) is 6.02. The van der Waals surface area contributed by atoms with Crippen molar-refractivity contribution in [1.29, 1.82) is 0 Å². The van der Waals surface area contributed by atoms with E-state index in [0.29, 0.717) is 22.9 Å². The maximum absolute atomic E-state index is 11.7. The van der Waals surface area contributed by atoms with Gasteiger partial charge in [0.1, 0.15) is 0 Å². The molecule has 1 N–H and O–H groups in total. The Hall–Kier alpha value is -4.01. The first-order valence-electron chi connectivity index (χ1n) is 8.63. The summed E-state index contributed by atoms with van der Waals surface area (Å²) in [5.41, 5.74) is 4.65. The van der Waals surface area contributed by atoms with Crippen molar-refractivity contribution >= 4 is 5.65 Å². The van der Waals surface area contributed by atoms with E-state index < -0.39 is 0 Å². The molecule has 28 heavy (non-hydrogen) atoms. The first-order valence-corrected chi connectivity index (χ1v) is 8.63. The minimum atomic E-state index is -0.319. The highest BCUT2D eigenvalue weighted by atomic mass is 16.5. The molecule has 5 rings (SSSR count). The molecule has 4 aromatic heterocycles. The van der Waals surface area contributed by atoms with Crippen molar-refractivity contribution in [2.75, 3.05) is 0 Å². The smallest absolute Gasteiger partial charge is 0.334 e. The fourth-order valence-corrected chi connectivity index (χ4v) is 3.13. The van der Waals surface area contributed by atoms with E-state index in [4.69, 9.17) is 4.52 Å². The van der Waals surface area contributed by atoms with Crippen LogP contribution in [0.1, 0.15) is 11.4 Å². The number of fused-ring (bicyclic) bond motifs is 1. The van der Waals surface area contributed by atoms with E-state index in [0.717, 1.165) is 22.6 Å². The molecule has 4 heterocycles. The minimum absolute atomic E-state index is 0.319. The fourth-order valence-electron chi connectivity index (χ4n) is 3.13. The molecule has 0 saturated carbocycles. The maximum atomic E-state index is 11.7. The number of benzene rings is 1.